The highest BCUT2D eigenvalue weighted by molar-refractivity contribution is 5.69. The van der Waals surface area contributed by atoms with Crippen LogP contribution in [0, 0.1) is 12.8 Å². The van der Waals surface area contributed by atoms with E-state index in [-0.39, 0.29) is 0 Å². The highest BCUT2D eigenvalue weighted by atomic mass is 16.5. The summed E-state index contributed by atoms with van der Waals surface area (Å²) in [4.78, 5) is 17.0. The van der Waals surface area contributed by atoms with Crippen LogP contribution in [0.5, 0.6) is 0 Å². The molecule has 1 aromatic heterocycles. The number of aliphatic carboxylic acids is 1. The van der Waals surface area contributed by atoms with Gasteiger partial charge in [0.2, 0.25) is 0 Å². The number of carbonyl (C=O) groups is 1. The zero-order valence-electron chi connectivity index (χ0n) is 12.4. The molecule has 0 bridgehead atoms. The standard InChI is InChI=1S/C15H19N3O3/c1-10-4-6-12(7-5-10)14-16-13(17-21-14)9-18(3)8-11(2)15(19)20/h4-7,11H,8-9H2,1-3H3,(H,19,20). The Morgan fingerprint density at radius 2 is 2.05 bits per heavy atom. The Kier molecular flexibility index (Phi) is 4.70. The van der Waals surface area contributed by atoms with E-state index < -0.39 is 11.9 Å². The third kappa shape index (κ3) is 4.13. The minimum atomic E-state index is -0.810. The summed E-state index contributed by atoms with van der Waals surface area (Å²) in [5, 5.41) is 12.8. The van der Waals surface area contributed by atoms with Gasteiger partial charge >= 0.3 is 5.97 Å². The molecule has 1 heterocycles. The quantitative estimate of drug-likeness (QED) is 0.878. The molecule has 6 nitrogen and oxygen atoms in total. The van der Waals surface area contributed by atoms with Crippen molar-refractivity contribution >= 4 is 5.97 Å². The molecule has 1 N–H and O–H groups in total. The number of aromatic nitrogens is 2. The zero-order valence-corrected chi connectivity index (χ0v) is 12.4. The van der Waals surface area contributed by atoms with E-state index in [4.69, 9.17) is 9.63 Å². The first-order valence-electron chi connectivity index (χ1n) is 6.76. The van der Waals surface area contributed by atoms with Crippen LogP contribution in [-0.2, 0) is 11.3 Å². The summed E-state index contributed by atoms with van der Waals surface area (Å²) in [7, 11) is 1.83. The number of carboxylic acid groups (broad SMARTS) is 1. The van der Waals surface area contributed by atoms with E-state index in [9.17, 15) is 4.79 Å². The smallest absolute Gasteiger partial charge is 0.307 e. The number of benzene rings is 1. The summed E-state index contributed by atoms with van der Waals surface area (Å²) < 4.78 is 5.24. The second kappa shape index (κ2) is 6.49. The van der Waals surface area contributed by atoms with Crippen molar-refractivity contribution in [1.82, 2.24) is 15.0 Å². The Bertz CT molecular complexity index is 607. The van der Waals surface area contributed by atoms with E-state index in [0.717, 1.165) is 5.56 Å². The summed E-state index contributed by atoms with van der Waals surface area (Å²) in [6.45, 7) is 4.57. The molecule has 0 aliphatic carbocycles. The molecule has 112 valence electrons. The molecule has 0 spiro atoms. The van der Waals surface area contributed by atoms with Crippen molar-refractivity contribution in [2.24, 2.45) is 5.92 Å². The highest BCUT2D eigenvalue weighted by Crippen LogP contribution is 2.18. The van der Waals surface area contributed by atoms with Crippen LogP contribution in [0.4, 0.5) is 0 Å². The van der Waals surface area contributed by atoms with Crippen LogP contribution in [0.15, 0.2) is 28.8 Å². The SMILES string of the molecule is Cc1ccc(-c2nc(CN(C)CC(C)C(=O)O)no2)cc1. The van der Waals surface area contributed by atoms with E-state index in [1.54, 1.807) is 6.92 Å². The van der Waals surface area contributed by atoms with Crippen LogP contribution in [0.3, 0.4) is 0 Å². The lowest BCUT2D eigenvalue weighted by Crippen LogP contribution is -2.28. The summed E-state index contributed by atoms with van der Waals surface area (Å²) in [6, 6.07) is 7.84. The van der Waals surface area contributed by atoms with Crippen LogP contribution < -0.4 is 0 Å². The zero-order chi connectivity index (χ0) is 15.4. The third-order valence-electron chi connectivity index (χ3n) is 3.19. The van der Waals surface area contributed by atoms with Crippen molar-refractivity contribution in [3.05, 3.63) is 35.7 Å². The number of aryl methyl sites for hydroxylation is 1. The molecule has 0 saturated heterocycles. The Labute approximate surface area is 123 Å². The Hall–Kier alpha value is -2.21. The van der Waals surface area contributed by atoms with Crippen molar-refractivity contribution in [3.63, 3.8) is 0 Å². The molecule has 2 aromatic rings. The van der Waals surface area contributed by atoms with Gasteiger partial charge in [0.1, 0.15) is 0 Å². The molecule has 1 aromatic carbocycles. The van der Waals surface area contributed by atoms with E-state index in [0.29, 0.717) is 24.8 Å². The first kappa shape index (κ1) is 15.2. The summed E-state index contributed by atoms with van der Waals surface area (Å²) >= 11 is 0. The van der Waals surface area contributed by atoms with Gasteiger partial charge in [0.15, 0.2) is 5.82 Å². The maximum atomic E-state index is 10.8. The predicted molar refractivity (Wildman–Crippen MR) is 77.6 cm³/mol. The van der Waals surface area contributed by atoms with Gasteiger partial charge in [-0.05, 0) is 26.1 Å². The van der Waals surface area contributed by atoms with Gasteiger partial charge in [-0.15, -0.1) is 0 Å². The van der Waals surface area contributed by atoms with Crippen molar-refractivity contribution in [2.75, 3.05) is 13.6 Å². The lowest BCUT2D eigenvalue weighted by atomic mass is 10.1. The van der Waals surface area contributed by atoms with Crippen molar-refractivity contribution in [2.45, 2.75) is 20.4 Å². The van der Waals surface area contributed by atoms with Crippen molar-refractivity contribution < 1.29 is 14.4 Å². The number of hydrogen-bond acceptors (Lipinski definition) is 5. The third-order valence-corrected chi connectivity index (χ3v) is 3.19. The molecule has 21 heavy (non-hydrogen) atoms. The molecule has 0 radical (unpaired) electrons. The van der Waals surface area contributed by atoms with Crippen molar-refractivity contribution in [1.29, 1.82) is 0 Å². The Balaban J connectivity index is 2.00. The van der Waals surface area contributed by atoms with E-state index >= 15 is 0 Å². The molecular weight excluding hydrogens is 270 g/mol. The minimum absolute atomic E-state index is 0.432. The largest absolute Gasteiger partial charge is 0.481 e. The maximum absolute atomic E-state index is 10.8. The second-order valence-electron chi connectivity index (χ2n) is 5.32. The summed E-state index contributed by atoms with van der Waals surface area (Å²) in [6.07, 6.45) is 0. The van der Waals surface area contributed by atoms with Crippen LogP contribution in [0.25, 0.3) is 11.5 Å². The molecule has 0 fully saturated rings. The molecular formula is C15H19N3O3. The predicted octanol–water partition coefficient (Wildman–Crippen LogP) is 2.20. The first-order valence-corrected chi connectivity index (χ1v) is 6.76. The second-order valence-corrected chi connectivity index (χ2v) is 5.32. The van der Waals surface area contributed by atoms with E-state index in [1.807, 2.05) is 43.1 Å². The molecule has 6 heteroatoms. The fourth-order valence-corrected chi connectivity index (χ4v) is 1.98. The molecule has 2 rings (SSSR count). The lowest BCUT2D eigenvalue weighted by Gasteiger charge is -2.16. The van der Waals surface area contributed by atoms with E-state index in [2.05, 4.69) is 10.1 Å². The fraction of sp³-hybridized carbons (Fsp3) is 0.400. The molecule has 0 amide bonds. The number of nitrogens with zero attached hydrogens (tertiary/aromatic N) is 3. The molecule has 1 unspecified atom stereocenters. The monoisotopic (exact) mass is 289 g/mol. The molecule has 0 aliphatic rings. The van der Waals surface area contributed by atoms with Gasteiger partial charge < -0.3 is 9.63 Å². The average molecular weight is 289 g/mol. The van der Waals surface area contributed by atoms with Crippen LogP contribution in [-0.4, -0.2) is 39.7 Å². The normalized spacial score (nSPS) is 12.6. The van der Waals surface area contributed by atoms with Gasteiger partial charge in [-0.1, -0.05) is 29.8 Å². The topological polar surface area (TPSA) is 79.5 Å². The maximum Gasteiger partial charge on any atom is 0.307 e. The van der Waals surface area contributed by atoms with Crippen LogP contribution >= 0.6 is 0 Å². The lowest BCUT2D eigenvalue weighted by molar-refractivity contribution is -0.141. The van der Waals surface area contributed by atoms with Gasteiger partial charge in [0, 0.05) is 12.1 Å². The number of rotatable bonds is 6. The number of hydrogen-bond donors (Lipinski definition) is 1. The Morgan fingerprint density at radius 1 is 1.38 bits per heavy atom. The Morgan fingerprint density at radius 3 is 2.67 bits per heavy atom. The van der Waals surface area contributed by atoms with Gasteiger partial charge in [-0.2, -0.15) is 4.98 Å². The van der Waals surface area contributed by atoms with Gasteiger partial charge in [-0.3, -0.25) is 9.69 Å². The van der Waals surface area contributed by atoms with Gasteiger partial charge in [0.25, 0.3) is 5.89 Å². The summed E-state index contributed by atoms with van der Waals surface area (Å²) in [5.74, 6) is -0.218. The van der Waals surface area contributed by atoms with Gasteiger partial charge in [0.05, 0.1) is 12.5 Å². The fourth-order valence-electron chi connectivity index (χ4n) is 1.98. The highest BCUT2D eigenvalue weighted by Gasteiger charge is 2.16. The average Bonchev–Trinajstić information content (AvgIpc) is 2.87. The minimum Gasteiger partial charge on any atom is -0.481 e. The molecule has 0 aliphatic heterocycles. The summed E-state index contributed by atoms with van der Waals surface area (Å²) in [5.41, 5.74) is 2.04. The van der Waals surface area contributed by atoms with Crippen LogP contribution in [0.2, 0.25) is 0 Å². The molecule has 1 atom stereocenters. The van der Waals surface area contributed by atoms with Crippen molar-refractivity contribution in [3.8, 4) is 11.5 Å². The number of carboxylic acids is 1. The van der Waals surface area contributed by atoms with E-state index in [1.165, 1.54) is 5.56 Å². The first-order chi connectivity index (χ1) is 9.95. The molecule has 0 saturated carbocycles. The van der Waals surface area contributed by atoms with Crippen LogP contribution in [0.1, 0.15) is 18.3 Å². The van der Waals surface area contributed by atoms with Gasteiger partial charge in [-0.25, -0.2) is 0 Å².